The molecule has 1 N–H and O–H groups in total. The normalized spacial score (nSPS) is 21.2. The minimum Gasteiger partial charge on any atom is -0.353 e. The summed E-state index contributed by atoms with van der Waals surface area (Å²) in [5.74, 6) is 0.144. The van der Waals surface area contributed by atoms with E-state index in [0.717, 1.165) is 17.8 Å². The van der Waals surface area contributed by atoms with Gasteiger partial charge in [0.15, 0.2) is 5.78 Å². The number of carbonyl (C=O) groups is 2. The second kappa shape index (κ2) is 5.42. The maximum absolute atomic E-state index is 12.0. The summed E-state index contributed by atoms with van der Waals surface area (Å²) < 4.78 is 0. The lowest BCUT2D eigenvalue weighted by Crippen LogP contribution is -2.56. The third-order valence-corrected chi connectivity index (χ3v) is 3.88. The summed E-state index contributed by atoms with van der Waals surface area (Å²) in [5.41, 5.74) is 0. The van der Waals surface area contributed by atoms with Gasteiger partial charge in [0.1, 0.15) is 0 Å². The van der Waals surface area contributed by atoms with Gasteiger partial charge < -0.3 is 5.32 Å². The molecular weight excluding hydrogens is 236 g/mol. The van der Waals surface area contributed by atoms with Crippen molar-refractivity contribution in [3.05, 3.63) is 22.4 Å². The molecule has 1 fully saturated rings. The highest BCUT2D eigenvalue weighted by atomic mass is 32.1. The fourth-order valence-corrected chi connectivity index (χ4v) is 2.75. The van der Waals surface area contributed by atoms with Gasteiger partial charge in [0, 0.05) is 13.1 Å². The molecule has 0 spiro atoms. The monoisotopic (exact) mass is 252 g/mol. The van der Waals surface area contributed by atoms with Gasteiger partial charge in [-0.05, 0) is 17.9 Å². The van der Waals surface area contributed by atoms with Gasteiger partial charge in [0.25, 0.3) is 0 Å². The lowest BCUT2D eigenvalue weighted by atomic mass is 10.1. The first-order chi connectivity index (χ1) is 8.22. The average Bonchev–Trinajstić information content (AvgIpc) is 2.82. The second-order valence-corrected chi connectivity index (χ2v) is 5.03. The number of ketones is 1. The number of rotatable bonds is 4. The molecule has 1 unspecified atom stereocenters. The van der Waals surface area contributed by atoms with Crippen molar-refractivity contribution in [3.63, 3.8) is 0 Å². The van der Waals surface area contributed by atoms with Crippen LogP contribution < -0.4 is 5.32 Å². The van der Waals surface area contributed by atoms with E-state index in [0.29, 0.717) is 13.1 Å². The number of amides is 1. The molecule has 1 aromatic heterocycles. The summed E-state index contributed by atoms with van der Waals surface area (Å²) in [6.45, 7) is 3.69. The summed E-state index contributed by atoms with van der Waals surface area (Å²) in [5, 5.41) is 4.73. The van der Waals surface area contributed by atoms with Crippen molar-refractivity contribution < 1.29 is 9.59 Å². The number of hydrogen-bond donors (Lipinski definition) is 1. The number of thiophene rings is 1. The van der Waals surface area contributed by atoms with E-state index in [-0.39, 0.29) is 17.7 Å². The number of nitrogens with zero attached hydrogens (tertiary/aromatic N) is 1. The van der Waals surface area contributed by atoms with Crippen molar-refractivity contribution in [1.29, 1.82) is 0 Å². The molecular formula is C12H16N2O2S. The molecule has 0 bridgehead atoms. The van der Waals surface area contributed by atoms with E-state index in [4.69, 9.17) is 0 Å². The van der Waals surface area contributed by atoms with Crippen LogP contribution in [0.25, 0.3) is 0 Å². The van der Waals surface area contributed by atoms with E-state index < -0.39 is 0 Å². The van der Waals surface area contributed by atoms with Crippen LogP contribution >= 0.6 is 11.3 Å². The molecule has 2 heterocycles. The van der Waals surface area contributed by atoms with Gasteiger partial charge in [-0.1, -0.05) is 13.0 Å². The molecule has 0 radical (unpaired) electrons. The Balaban J connectivity index is 2.02. The minimum absolute atomic E-state index is 0.0396. The van der Waals surface area contributed by atoms with Gasteiger partial charge in [0.2, 0.25) is 5.91 Å². The molecule has 1 aliphatic rings. The maximum atomic E-state index is 12.0. The average molecular weight is 252 g/mol. The topological polar surface area (TPSA) is 49.4 Å². The van der Waals surface area contributed by atoms with Crippen molar-refractivity contribution in [1.82, 2.24) is 10.2 Å². The molecule has 0 aromatic carbocycles. The number of carbonyl (C=O) groups excluding carboxylic acids is 2. The summed E-state index contributed by atoms with van der Waals surface area (Å²) in [6.07, 6.45) is 0.740. The minimum atomic E-state index is -0.160. The van der Waals surface area contributed by atoms with E-state index in [2.05, 4.69) is 5.32 Å². The SMILES string of the molecule is CCC1C(=O)NCCN1CC(=O)c1cccs1. The molecule has 0 aliphatic carbocycles. The Morgan fingerprint density at radius 1 is 1.65 bits per heavy atom. The molecule has 1 saturated heterocycles. The first kappa shape index (κ1) is 12.3. The fraction of sp³-hybridized carbons (Fsp3) is 0.500. The van der Waals surface area contributed by atoms with Crippen LogP contribution in [0.1, 0.15) is 23.0 Å². The van der Waals surface area contributed by atoms with E-state index in [1.165, 1.54) is 11.3 Å². The predicted molar refractivity (Wildman–Crippen MR) is 67.3 cm³/mol. The Morgan fingerprint density at radius 3 is 3.12 bits per heavy atom. The van der Waals surface area contributed by atoms with Crippen LogP contribution in [-0.4, -0.2) is 42.3 Å². The van der Waals surface area contributed by atoms with Gasteiger partial charge in [-0.25, -0.2) is 0 Å². The molecule has 17 heavy (non-hydrogen) atoms. The van der Waals surface area contributed by atoms with Gasteiger partial charge in [-0.2, -0.15) is 0 Å². The van der Waals surface area contributed by atoms with Crippen LogP contribution in [-0.2, 0) is 4.79 Å². The molecule has 4 nitrogen and oxygen atoms in total. The molecule has 1 aromatic rings. The van der Waals surface area contributed by atoms with Crippen molar-refractivity contribution in [2.24, 2.45) is 0 Å². The summed E-state index contributed by atoms with van der Waals surface area (Å²) >= 11 is 1.45. The Morgan fingerprint density at radius 2 is 2.47 bits per heavy atom. The number of Topliss-reactive ketones (excluding diaryl/α,β-unsaturated/α-hetero) is 1. The van der Waals surface area contributed by atoms with E-state index in [1.54, 1.807) is 0 Å². The highest BCUT2D eigenvalue weighted by Crippen LogP contribution is 2.13. The highest BCUT2D eigenvalue weighted by molar-refractivity contribution is 7.12. The predicted octanol–water partition coefficient (Wildman–Crippen LogP) is 1.14. The van der Waals surface area contributed by atoms with Crippen molar-refractivity contribution in [2.45, 2.75) is 19.4 Å². The lowest BCUT2D eigenvalue weighted by Gasteiger charge is -2.33. The van der Waals surface area contributed by atoms with Crippen LogP contribution in [0.3, 0.4) is 0 Å². The third-order valence-electron chi connectivity index (χ3n) is 2.97. The van der Waals surface area contributed by atoms with Gasteiger partial charge in [0.05, 0.1) is 17.5 Å². The molecule has 2 rings (SSSR count). The van der Waals surface area contributed by atoms with Crippen molar-refractivity contribution in [3.8, 4) is 0 Å². The van der Waals surface area contributed by atoms with Crippen LogP contribution in [0, 0.1) is 0 Å². The van der Waals surface area contributed by atoms with E-state index in [1.807, 2.05) is 29.3 Å². The zero-order valence-corrected chi connectivity index (χ0v) is 10.6. The Bertz CT molecular complexity index is 403. The quantitative estimate of drug-likeness (QED) is 0.818. The largest absolute Gasteiger partial charge is 0.353 e. The maximum Gasteiger partial charge on any atom is 0.237 e. The molecule has 92 valence electrons. The van der Waals surface area contributed by atoms with Crippen molar-refractivity contribution >= 4 is 23.0 Å². The Kier molecular flexibility index (Phi) is 3.91. The van der Waals surface area contributed by atoms with Crippen LogP contribution in [0.4, 0.5) is 0 Å². The Hall–Kier alpha value is -1.20. The molecule has 5 heteroatoms. The highest BCUT2D eigenvalue weighted by Gasteiger charge is 2.29. The molecule has 0 saturated carbocycles. The van der Waals surface area contributed by atoms with Crippen LogP contribution in [0.15, 0.2) is 17.5 Å². The lowest BCUT2D eigenvalue weighted by molar-refractivity contribution is -0.128. The summed E-state index contributed by atoms with van der Waals surface area (Å²) in [6, 6.07) is 3.54. The first-order valence-corrected chi connectivity index (χ1v) is 6.68. The third kappa shape index (κ3) is 2.73. The molecule has 1 aliphatic heterocycles. The number of nitrogens with one attached hydrogen (secondary N) is 1. The van der Waals surface area contributed by atoms with E-state index in [9.17, 15) is 9.59 Å². The fourth-order valence-electron chi connectivity index (χ4n) is 2.09. The van der Waals surface area contributed by atoms with E-state index >= 15 is 0 Å². The summed E-state index contributed by atoms with van der Waals surface area (Å²) in [4.78, 5) is 26.4. The smallest absolute Gasteiger partial charge is 0.237 e. The van der Waals surface area contributed by atoms with Crippen LogP contribution in [0.2, 0.25) is 0 Å². The second-order valence-electron chi connectivity index (χ2n) is 4.09. The zero-order chi connectivity index (χ0) is 12.3. The van der Waals surface area contributed by atoms with Gasteiger partial charge >= 0.3 is 0 Å². The van der Waals surface area contributed by atoms with Crippen LogP contribution in [0.5, 0.6) is 0 Å². The standard InChI is InChI=1S/C12H16N2O2S/c1-2-9-12(16)13-5-6-14(9)8-10(15)11-4-3-7-17-11/h3-4,7,9H,2,5-6,8H2,1H3,(H,13,16). The number of hydrogen-bond acceptors (Lipinski definition) is 4. The summed E-state index contributed by atoms with van der Waals surface area (Å²) in [7, 11) is 0. The van der Waals surface area contributed by atoms with Gasteiger partial charge in [-0.15, -0.1) is 11.3 Å². The van der Waals surface area contributed by atoms with Gasteiger partial charge in [-0.3, -0.25) is 14.5 Å². The molecule has 1 amide bonds. The first-order valence-electron chi connectivity index (χ1n) is 5.81. The number of piperazine rings is 1. The zero-order valence-electron chi connectivity index (χ0n) is 9.81. The van der Waals surface area contributed by atoms with Crippen molar-refractivity contribution in [2.75, 3.05) is 19.6 Å². The molecule has 1 atom stereocenters. The Labute approximate surface area is 105 Å².